The minimum absolute atomic E-state index is 0.142. The van der Waals surface area contributed by atoms with Gasteiger partial charge in [-0.05, 0) is 74.2 Å². The van der Waals surface area contributed by atoms with Gasteiger partial charge in [-0.2, -0.15) is 0 Å². The van der Waals surface area contributed by atoms with Crippen LogP contribution in [0.5, 0.6) is 0 Å². The van der Waals surface area contributed by atoms with Gasteiger partial charge in [0.2, 0.25) is 11.8 Å². The summed E-state index contributed by atoms with van der Waals surface area (Å²) in [5, 5.41) is 5.44. The van der Waals surface area contributed by atoms with Crippen molar-refractivity contribution in [2.75, 3.05) is 10.6 Å². The minimum Gasteiger partial charge on any atom is -0.326 e. The number of aryl methyl sites for hydroxylation is 2. The molecule has 0 aliphatic rings. The zero-order valence-electron chi connectivity index (χ0n) is 16.5. The Morgan fingerprint density at radius 3 is 1.32 bits per heavy atom. The molecule has 0 spiro atoms. The third-order valence-corrected chi connectivity index (χ3v) is 4.13. The molecule has 0 unspecified atom stereocenters. The number of nitrogens with one attached hydrogen (secondary N) is 2. The molecule has 146 valence electrons. The van der Waals surface area contributed by atoms with E-state index in [1.165, 1.54) is 13.8 Å². The normalized spacial score (nSPS) is 10.3. The number of anilines is 2. The third-order valence-electron chi connectivity index (χ3n) is 4.13. The molecule has 2 amide bonds. The Morgan fingerprint density at radius 2 is 1.04 bits per heavy atom. The van der Waals surface area contributed by atoms with Crippen LogP contribution >= 0.6 is 0 Å². The second kappa shape index (κ2) is 9.08. The van der Waals surface area contributed by atoms with Crippen LogP contribution in [0, 0.1) is 13.8 Å². The lowest BCUT2D eigenvalue weighted by Gasteiger charge is -2.13. The maximum Gasteiger partial charge on any atom is 0.231 e. The molecule has 0 aliphatic heterocycles. The van der Waals surface area contributed by atoms with Crippen molar-refractivity contribution in [3.05, 3.63) is 47.5 Å². The molecule has 0 aromatic heterocycles. The van der Waals surface area contributed by atoms with E-state index in [9.17, 15) is 19.2 Å². The summed E-state index contributed by atoms with van der Waals surface area (Å²) in [7, 11) is 0. The molecule has 0 aliphatic carbocycles. The summed E-state index contributed by atoms with van der Waals surface area (Å²) in [5.41, 5.74) is 5.22. The Kier molecular flexibility index (Phi) is 6.82. The van der Waals surface area contributed by atoms with Crippen molar-refractivity contribution in [2.45, 2.75) is 40.5 Å². The predicted molar refractivity (Wildman–Crippen MR) is 109 cm³/mol. The van der Waals surface area contributed by atoms with Gasteiger partial charge < -0.3 is 10.6 Å². The van der Waals surface area contributed by atoms with Gasteiger partial charge in [0.25, 0.3) is 0 Å². The van der Waals surface area contributed by atoms with Gasteiger partial charge in [0.15, 0.2) is 0 Å². The van der Waals surface area contributed by atoms with E-state index in [0.717, 1.165) is 22.3 Å². The fraction of sp³-hybridized carbons (Fsp3) is 0.273. The number of benzene rings is 2. The topological polar surface area (TPSA) is 92.3 Å². The van der Waals surface area contributed by atoms with Crippen molar-refractivity contribution >= 4 is 34.8 Å². The van der Waals surface area contributed by atoms with Crippen molar-refractivity contribution in [1.29, 1.82) is 0 Å². The highest BCUT2D eigenvalue weighted by atomic mass is 16.2. The third kappa shape index (κ3) is 5.87. The number of rotatable bonds is 7. The fourth-order valence-electron chi connectivity index (χ4n) is 2.95. The molecule has 0 saturated heterocycles. The first kappa shape index (κ1) is 21.0. The van der Waals surface area contributed by atoms with Crippen molar-refractivity contribution in [2.24, 2.45) is 0 Å². The van der Waals surface area contributed by atoms with Crippen LogP contribution in [-0.4, -0.2) is 23.4 Å². The molecule has 0 atom stereocenters. The van der Waals surface area contributed by atoms with Crippen molar-refractivity contribution < 1.29 is 19.2 Å². The number of amides is 2. The molecule has 6 heteroatoms. The van der Waals surface area contributed by atoms with Crippen LogP contribution in [0.25, 0.3) is 11.1 Å². The van der Waals surface area contributed by atoms with Gasteiger partial charge in [-0.15, -0.1) is 0 Å². The number of hydrogen-bond donors (Lipinski definition) is 2. The van der Waals surface area contributed by atoms with Gasteiger partial charge in [0.05, 0.1) is 12.8 Å². The Hall–Kier alpha value is -3.28. The Bertz CT molecular complexity index is 870. The van der Waals surface area contributed by atoms with Gasteiger partial charge in [0, 0.05) is 11.4 Å². The average Bonchev–Trinajstić information content (AvgIpc) is 2.54. The molecule has 2 aromatic rings. The smallest absolute Gasteiger partial charge is 0.231 e. The van der Waals surface area contributed by atoms with Gasteiger partial charge in [-0.1, -0.05) is 12.1 Å². The van der Waals surface area contributed by atoms with Crippen molar-refractivity contribution in [3.8, 4) is 11.1 Å². The molecule has 2 N–H and O–H groups in total. The van der Waals surface area contributed by atoms with Gasteiger partial charge >= 0.3 is 0 Å². The highest BCUT2D eigenvalue weighted by Crippen LogP contribution is 2.30. The SMILES string of the molecule is CC(=O)CC(=O)Nc1ccc(-c2ccc(NC(=O)CC(C)=O)cc2C)c(C)c1. The van der Waals surface area contributed by atoms with Gasteiger partial charge in [-0.3, -0.25) is 19.2 Å². The van der Waals surface area contributed by atoms with Gasteiger partial charge in [-0.25, -0.2) is 0 Å². The lowest BCUT2D eigenvalue weighted by Crippen LogP contribution is -2.15. The summed E-state index contributed by atoms with van der Waals surface area (Å²) in [6.07, 6.45) is -0.284. The quantitative estimate of drug-likeness (QED) is 0.715. The lowest BCUT2D eigenvalue weighted by molar-refractivity contribution is -0.125. The minimum atomic E-state index is -0.332. The number of ketones is 2. The maximum atomic E-state index is 11.7. The van der Waals surface area contributed by atoms with Crippen LogP contribution in [0.15, 0.2) is 36.4 Å². The van der Waals surface area contributed by atoms with Gasteiger partial charge in [0.1, 0.15) is 11.6 Å². The summed E-state index contributed by atoms with van der Waals surface area (Å²) in [4.78, 5) is 45.6. The Labute approximate surface area is 164 Å². The Balaban J connectivity index is 2.18. The number of hydrogen-bond acceptors (Lipinski definition) is 4. The van der Waals surface area contributed by atoms with E-state index in [1.54, 1.807) is 12.1 Å². The molecule has 0 radical (unpaired) electrons. The number of Topliss-reactive ketones (excluding diaryl/α,β-unsaturated/α-hetero) is 2. The molecule has 6 nitrogen and oxygen atoms in total. The summed E-state index contributed by atoms with van der Waals surface area (Å²) in [6, 6.07) is 11.1. The molecule has 0 heterocycles. The van der Waals surface area contributed by atoms with Crippen LogP contribution in [0.3, 0.4) is 0 Å². The average molecular weight is 380 g/mol. The summed E-state index contributed by atoms with van der Waals surface area (Å²) >= 11 is 0. The number of carbonyl (C=O) groups excluding carboxylic acids is 4. The largest absolute Gasteiger partial charge is 0.326 e. The predicted octanol–water partition coefficient (Wildman–Crippen LogP) is 3.81. The van der Waals surface area contributed by atoms with E-state index in [4.69, 9.17) is 0 Å². The maximum absolute atomic E-state index is 11.7. The Morgan fingerprint density at radius 1 is 0.679 bits per heavy atom. The summed E-state index contributed by atoms with van der Waals surface area (Å²) < 4.78 is 0. The highest BCUT2D eigenvalue weighted by Gasteiger charge is 2.11. The van der Waals surface area contributed by atoms with E-state index in [0.29, 0.717) is 11.4 Å². The molecule has 0 bridgehead atoms. The molecule has 0 fully saturated rings. The van der Waals surface area contributed by atoms with Crippen LogP contribution in [0.4, 0.5) is 11.4 Å². The van der Waals surface area contributed by atoms with Crippen LogP contribution < -0.4 is 10.6 Å². The standard InChI is InChI=1S/C22H24N2O4/c1-13-9-17(23-21(27)11-15(3)25)5-7-19(13)20-8-6-18(10-14(20)2)24-22(28)12-16(4)26/h5-10H,11-12H2,1-4H3,(H,23,27)(H,24,28). The molecule has 2 rings (SSSR count). The first-order valence-corrected chi connectivity index (χ1v) is 8.96. The lowest BCUT2D eigenvalue weighted by atomic mass is 9.95. The van der Waals surface area contributed by atoms with E-state index >= 15 is 0 Å². The monoisotopic (exact) mass is 380 g/mol. The first-order chi connectivity index (χ1) is 13.2. The summed E-state index contributed by atoms with van der Waals surface area (Å²) in [6.45, 7) is 6.64. The van der Waals surface area contributed by atoms with Crippen LogP contribution in [-0.2, 0) is 19.2 Å². The van der Waals surface area contributed by atoms with Crippen molar-refractivity contribution in [1.82, 2.24) is 0 Å². The fourth-order valence-corrected chi connectivity index (χ4v) is 2.95. The second-order valence-corrected chi connectivity index (χ2v) is 6.91. The molecule has 28 heavy (non-hydrogen) atoms. The zero-order chi connectivity index (χ0) is 20.8. The highest BCUT2D eigenvalue weighted by molar-refractivity contribution is 6.04. The zero-order valence-corrected chi connectivity index (χ0v) is 16.5. The van der Waals surface area contributed by atoms with E-state index in [-0.39, 0.29) is 36.2 Å². The van der Waals surface area contributed by atoms with Crippen LogP contribution in [0.1, 0.15) is 37.8 Å². The summed E-state index contributed by atoms with van der Waals surface area (Å²) in [5.74, 6) is -1.03. The van der Waals surface area contributed by atoms with Crippen LogP contribution in [0.2, 0.25) is 0 Å². The molecule has 0 saturated carbocycles. The number of carbonyl (C=O) groups is 4. The molecular formula is C22H24N2O4. The second-order valence-electron chi connectivity index (χ2n) is 6.91. The molecule has 2 aromatic carbocycles. The van der Waals surface area contributed by atoms with E-state index in [1.807, 2.05) is 38.1 Å². The van der Waals surface area contributed by atoms with E-state index in [2.05, 4.69) is 10.6 Å². The first-order valence-electron chi connectivity index (χ1n) is 8.96. The van der Waals surface area contributed by atoms with Crippen molar-refractivity contribution in [3.63, 3.8) is 0 Å². The van der Waals surface area contributed by atoms with E-state index < -0.39 is 0 Å². The molecular weight excluding hydrogens is 356 g/mol.